The Balaban J connectivity index is 1.53. The zero-order valence-corrected chi connectivity index (χ0v) is 16.3. The molecule has 8 heteroatoms. The number of carbonyl (C=O) groups excluding carboxylic acids is 2. The minimum Gasteiger partial charge on any atom is -0.477 e. The van der Waals surface area contributed by atoms with Gasteiger partial charge >= 0.3 is 0 Å². The van der Waals surface area contributed by atoms with Crippen molar-refractivity contribution in [2.24, 2.45) is 0 Å². The number of carbonyl (C=O) groups is 2. The third-order valence-corrected chi connectivity index (χ3v) is 6.23. The number of thiophene rings is 1. The number of benzene rings is 1. The second-order valence-corrected chi connectivity index (χ2v) is 7.90. The summed E-state index contributed by atoms with van der Waals surface area (Å²) in [5, 5.41) is 15.6. The van der Waals surface area contributed by atoms with Gasteiger partial charge < -0.3 is 20.3 Å². The summed E-state index contributed by atoms with van der Waals surface area (Å²) in [6, 6.07) is 9.58. The van der Waals surface area contributed by atoms with Crippen molar-refractivity contribution in [2.45, 2.75) is 25.4 Å². The number of fused-ring (bicyclic) bond motifs is 2. The van der Waals surface area contributed by atoms with Crippen molar-refractivity contribution in [3.63, 3.8) is 0 Å². The molecule has 0 radical (unpaired) electrons. The van der Waals surface area contributed by atoms with Gasteiger partial charge in [-0.15, -0.1) is 11.3 Å². The monoisotopic (exact) mass is 396 g/mol. The number of aryl methyl sites for hydroxylation is 1. The average molecular weight is 396 g/mol. The second-order valence-electron chi connectivity index (χ2n) is 6.79. The van der Waals surface area contributed by atoms with Crippen LogP contribution in [0.1, 0.15) is 22.4 Å². The molecule has 2 N–H and O–H groups in total. The molecule has 0 fully saturated rings. The molecule has 1 aromatic carbocycles. The Bertz CT molecular complexity index is 978. The summed E-state index contributed by atoms with van der Waals surface area (Å²) in [5.74, 6) is 0.119. The molecule has 1 aliphatic carbocycles. The van der Waals surface area contributed by atoms with Crippen molar-refractivity contribution in [3.8, 4) is 11.8 Å². The van der Waals surface area contributed by atoms with E-state index in [1.54, 1.807) is 13.1 Å². The van der Waals surface area contributed by atoms with Crippen molar-refractivity contribution >= 4 is 33.8 Å². The molecule has 1 aromatic heterocycles. The van der Waals surface area contributed by atoms with Crippen molar-refractivity contribution in [3.05, 3.63) is 40.3 Å². The summed E-state index contributed by atoms with van der Waals surface area (Å²) in [4.78, 5) is 27.8. The summed E-state index contributed by atoms with van der Waals surface area (Å²) in [7, 11) is 1.56. The van der Waals surface area contributed by atoms with E-state index in [1.165, 1.54) is 16.2 Å². The molecule has 0 saturated heterocycles. The normalized spacial score (nSPS) is 17.1. The van der Waals surface area contributed by atoms with Crippen LogP contribution in [0.25, 0.3) is 0 Å². The highest BCUT2D eigenvalue weighted by molar-refractivity contribution is 7.16. The Morgan fingerprint density at radius 2 is 2.18 bits per heavy atom. The average Bonchev–Trinajstić information content (AvgIpc) is 3.27. The van der Waals surface area contributed by atoms with Crippen LogP contribution < -0.4 is 20.3 Å². The lowest BCUT2D eigenvalue weighted by atomic mass is 10.1. The first kappa shape index (κ1) is 18.3. The van der Waals surface area contributed by atoms with E-state index >= 15 is 0 Å². The summed E-state index contributed by atoms with van der Waals surface area (Å²) in [6.45, 7) is 0.345. The molecule has 2 aromatic rings. The maximum Gasteiger partial charge on any atom is 0.262 e. The van der Waals surface area contributed by atoms with Gasteiger partial charge in [0.05, 0.1) is 24.3 Å². The van der Waals surface area contributed by atoms with Gasteiger partial charge in [-0.1, -0.05) is 12.1 Å². The fourth-order valence-corrected chi connectivity index (χ4v) is 4.96. The number of hydrogen-bond donors (Lipinski definition) is 2. The van der Waals surface area contributed by atoms with Crippen molar-refractivity contribution in [1.82, 2.24) is 5.32 Å². The summed E-state index contributed by atoms with van der Waals surface area (Å²) in [5.41, 5.74) is 2.45. The zero-order chi connectivity index (χ0) is 19.7. The minimum atomic E-state index is -0.687. The first-order chi connectivity index (χ1) is 13.6. The maximum atomic E-state index is 12.7. The third-order valence-electron chi connectivity index (χ3n) is 5.02. The standard InChI is InChI=1S/C20H20N4O3S/c1-22-19(26)16-10-24(14-6-2-3-7-15(14)27-16)11-18(25)23-20-13(9-21)12-5-4-8-17(12)28-20/h2-3,6-7,16H,4-5,8,10-11H2,1H3,(H,22,26)(H,23,25)/t16-/m1/s1. The van der Waals surface area contributed by atoms with Crippen LogP contribution in [0.4, 0.5) is 10.7 Å². The third kappa shape index (κ3) is 3.29. The zero-order valence-electron chi connectivity index (χ0n) is 15.4. The van der Waals surface area contributed by atoms with Crippen LogP contribution in [-0.4, -0.2) is 38.1 Å². The van der Waals surface area contributed by atoms with Gasteiger partial charge in [-0.2, -0.15) is 5.26 Å². The van der Waals surface area contributed by atoms with E-state index < -0.39 is 6.10 Å². The quantitative estimate of drug-likeness (QED) is 0.825. The highest BCUT2D eigenvalue weighted by atomic mass is 32.1. The fraction of sp³-hybridized carbons (Fsp3) is 0.350. The van der Waals surface area contributed by atoms with Gasteiger partial charge in [-0.05, 0) is 37.0 Å². The first-order valence-corrected chi connectivity index (χ1v) is 9.99. The predicted octanol–water partition coefficient (Wildman–Crippen LogP) is 2.06. The van der Waals surface area contributed by atoms with Crippen LogP contribution in [0, 0.1) is 11.3 Å². The molecule has 1 aliphatic heterocycles. The molecule has 0 unspecified atom stereocenters. The molecule has 7 nitrogen and oxygen atoms in total. The highest BCUT2D eigenvalue weighted by Gasteiger charge is 2.31. The number of hydrogen-bond acceptors (Lipinski definition) is 6. The topological polar surface area (TPSA) is 94.5 Å². The van der Waals surface area contributed by atoms with E-state index in [-0.39, 0.29) is 24.9 Å². The fourth-order valence-electron chi connectivity index (χ4n) is 3.70. The van der Waals surface area contributed by atoms with E-state index in [9.17, 15) is 14.9 Å². The van der Waals surface area contributed by atoms with Crippen LogP contribution in [0.3, 0.4) is 0 Å². The van der Waals surface area contributed by atoms with Crippen LogP contribution >= 0.6 is 11.3 Å². The minimum absolute atomic E-state index is 0.0707. The number of nitrogens with one attached hydrogen (secondary N) is 2. The van der Waals surface area contributed by atoms with Gasteiger partial charge in [0.15, 0.2) is 6.10 Å². The lowest BCUT2D eigenvalue weighted by Crippen LogP contribution is -2.50. The molecule has 0 saturated carbocycles. The molecule has 1 atom stereocenters. The molecule has 4 rings (SSSR count). The number of para-hydroxylation sites is 2. The maximum absolute atomic E-state index is 12.7. The molecule has 0 spiro atoms. The Morgan fingerprint density at radius 1 is 1.36 bits per heavy atom. The van der Waals surface area contributed by atoms with E-state index in [0.29, 0.717) is 16.3 Å². The van der Waals surface area contributed by atoms with Crippen LogP contribution in [0.15, 0.2) is 24.3 Å². The summed E-state index contributed by atoms with van der Waals surface area (Å²) in [6.07, 6.45) is 2.24. The smallest absolute Gasteiger partial charge is 0.262 e. The second kappa shape index (κ2) is 7.52. The van der Waals surface area contributed by atoms with E-state index in [1.807, 2.05) is 23.1 Å². The number of amides is 2. The van der Waals surface area contributed by atoms with Gasteiger partial charge in [0.25, 0.3) is 5.91 Å². The first-order valence-electron chi connectivity index (χ1n) is 9.17. The Hall–Kier alpha value is -3.05. The predicted molar refractivity (Wildman–Crippen MR) is 107 cm³/mol. The number of anilines is 2. The van der Waals surface area contributed by atoms with E-state index in [4.69, 9.17) is 4.74 Å². The molecule has 144 valence electrons. The molecule has 0 bridgehead atoms. The number of nitriles is 1. The Kier molecular flexibility index (Phi) is 4.92. The van der Waals surface area contributed by atoms with Gasteiger partial charge in [0, 0.05) is 11.9 Å². The lowest BCUT2D eigenvalue weighted by Gasteiger charge is -2.34. The molecule has 28 heavy (non-hydrogen) atoms. The van der Waals surface area contributed by atoms with Gasteiger partial charge in [-0.3, -0.25) is 9.59 Å². The van der Waals surface area contributed by atoms with Crippen LogP contribution in [0.5, 0.6) is 5.75 Å². The molecule has 2 heterocycles. The van der Waals surface area contributed by atoms with E-state index in [2.05, 4.69) is 16.7 Å². The number of ether oxygens (including phenoxy) is 1. The van der Waals surface area contributed by atoms with Crippen molar-refractivity contribution in [1.29, 1.82) is 5.26 Å². The van der Waals surface area contributed by atoms with E-state index in [0.717, 1.165) is 30.5 Å². The Morgan fingerprint density at radius 3 is 2.96 bits per heavy atom. The lowest BCUT2D eigenvalue weighted by molar-refractivity contribution is -0.127. The van der Waals surface area contributed by atoms with Crippen LogP contribution in [-0.2, 0) is 22.4 Å². The number of rotatable bonds is 4. The number of nitrogens with zero attached hydrogens (tertiary/aromatic N) is 2. The molecule has 2 amide bonds. The molecular weight excluding hydrogens is 376 g/mol. The molecule has 2 aliphatic rings. The number of likely N-dealkylation sites (N-methyl/N-ethyl adjacent to an activating group) is 1. The largest absolute Gasteiger partial charge is 0.477 e. The van der Waals surface area contributed by atoms with Gasteiger partial charge in [0.2, 0.25) is 5.91 Å². The van der Waals surface area contributed by atoms with Crippen molar-refractivity contribution in [2.75, 3.05) is 30.4 Å². The molecular formula is C20H20N4O3S. The SMILES string of the molecule is CNC(=O)[C@H]1CN(CC(=O)Nc2sc3c(c2C#N)CCC3)c2ccccc2O1. The summed E-state index contributed by atoms with van der Waals surface area (Å²) < 4.78 is 5.77. The van der Waals surface area contributed by atoms with Crippen molar-refractivity contribution < 1.29 is 14.3 Å². The van der Waals surface area contributed by atoms with Gasteiger partial charge in [0.1, 0.15) is 16.8 Å². The highest BCUT2D eigenvalue weighted by Crippen LogP contribution is 2.39. The van der Waals surface area contributed by atoms with Crippen LogP contribution in [0.2, 0.25) is 0 Å². The van der Waals surface area contributed by atoms with Gasteiger partial charge in [-0.25, -0.2) is 0 Å². The summed E-state index contributed by atoms with van der Waals surface area (Å²) >= 11 is 1.50. The Labute approximate surface area is 166 Å².